The van der Waals surface area contributed by atoms with Crippen LogP contribution in [0.4, 0.5) is 5.69 Å². The minimum absolute atomic E-state index is 0.00506. The first kappa shape index (κ1) is 19.5. The highest BCUT2D eigenvalue weighted by molar-refractivity contribution is 5.98. The molecule has 3 aromatic rings. The number of hydrogen-bond acceptors (Lipinski definition) is 6. The lowest BCUT2D eigenvalue weighted by Gasteiger charge is -2.16. The van der Waals surface area contributed by atoms with Gasteiger partial charge in [0.1, 0.15) is 12.3 Å². The molecular formula is C19H22N6O3. The van der Waals surface area contributed by atoms with Gasteiger partial charge in [0.25, 0.3) is 0 Å². The zero-order valence-electron chi connectivity index (χ0n) is 16.2. The van der Waals surface area contributed by atoms with Crippen molar-refractivity contribution in [1.82, 2.24) is 19.8 Å². The van der Waals surface area contributed by atoms with Crippen LogP contribution >= 0.6 is 0 Å². The monoisotopic (exact) mass is 382 g/mol. The fourth-order valence-corrected chi connectivity index (χ4v) is 2.75. The number of benzene rings is 2. The Hall–Kier alpha value is -3.30. The fourth-order valence-electron chi connectivity index (χ4n) is 2.75. The number of oxime groups is 1. The molecule has 0 amide bonds. The van der Waals surface area contributed by atoms with E-state index in [0.717, 1.165) is 21.4 Å². The Labute approximate surface area is 162 Å². The van der Waals surface area contributed by atoms with E-state index in [2.05, 4.69) is 15.6 Å². The van der Waals surface area contributed by atoms with Crippen molar-refractivity contribution < 1.29 is 9.90 Å². The van der Waals surface area contributed by atoms with E-state index < -0.39 is 0 Å². The van der Waals surface area contributed by atoms with E-state index in [1.807, 2.05) is 38.1 Å². The van der Waals surface area contributed by atoms with Crippen LogP contribution in [0.3, 0.4) is 0 Å². The molecule has 2 aromatic carbocycles. The molecule has 28 heavy (non-hydrogen) atoms. The molecular weight excluding hydrogens is 360 g/mol. The van der Waals surface area contributed by atoms with Gasteiger partial charge >= 0.3 is 5.69 Å². The molecule has 1 N–H and O–H groups in total. The van der Waals surface area contributed by atoms with E-state index in [9.17, 15) is 10.0 Å². The minimum atomic E-state index is -0.340. The van der Waals surface area contributed by atoms with Gasteiger partial charge in [-0.25, -0.2) is 4.79 Å². The third-order valence-electron chi connectivity index (χ3n) is 4.43. The highest BCUT2D eigenvalue weighted by atomic mass is 16.6. The van der Waals surface area contributed by atoms with Crippen molar-refractivity contribution in [3.63, 3.8) is 0 Å². The number of hydrogen-bond donors (Lipinski definition) is 1. The summed E-state index contributed by atoms with van der Waals surface area (Å²) in [5.74, 6) is 0. The molecule has 1 aromatic heterocycles. The summed E-state index contributed by atoms with van der Waals surface area (Å²) < 4.78 is 2.40. The molecule has 0 bridgehead atoms. The van der Waals surface area contributed by atoms with E-state index in [-0.39, 0.29) is 17.4 Å². The second-order valence-corrected chi connectivity index (χ2v) is 6.46. The van der Waals surface area contributed by atoms with Gasteiger partial charge in [0.2, 0.25) is 0 Å². The number of aryl methyl sites for hydroxylation is 2. The average molecular weight is 382 g/mol. The molecule has 0 aliphatic heterocycles. The Balaban J connectivity index is 1.83. The zero-order chi connectivity index (χ0) is 20.3. The largest absolute Gasteiger partial charge is 0.629 e. The zero-order valence-corrected chi connectivity index (χ0v) is 16.2. The van der Waals surface area contributed by atoms with Crippen LogP contribution in [0.2, 0.25) is 0 Å². The van der Waals surface area contributed by atoms with Crippen LogP contribution in [0.1, 0.15) is 23.6 Å². The van der Waals surface area contributed by atoms with E-state index in [0.29, 0.717) is 17.1 Å². The molecule has 146 valence electrons. The summed E-state index contributed by atoms with van der Waals surface area (Å²) in [6, 6.07) is 12.8. The van der Waals surface area contributed by atoms with Gasteiger partial charge in [-0.15, -0.1) is 0 Å². The number of rotatable bonds is 6. The normalized spacial score (nSPS) is 12.8. The second kappa shape index (κ2) is 8.15. The molecule has 9 heteroatoms. The Kier molecular flexibility index (Phi) is 5.67. The molecule has 9 nitrogen and oxygen atoms in total. The average Bonchev–Trinajstić information content (AvgIpc) is 3.01. The third kappa shape index (κ3) is 4.00. The number of tetrazole rings is 1. The Bertz CT molecular complexity index is 1070. The number of aromatic nitrogens is 4. The lowest BCUT2D eigenvalue weighted by molar-refractivity contribution is -0.751. The van der Waals surface area contributed by atoms with Crippen molar-refractivity contribution in [2.24, 2.45) is 12.2 Å². The molecule has 0 saturated carbocycles. The first-order valence-electron chi connectivity index (χ1n) is 8.74. The summed E-state index contributed by atoms with van der Waals surface area (Å²) in [5, 5.41) is 23.4. The van der Waals surface area contributed by atoms with E-state index in [1.165, 1.54) is 11.7 Å². The predicted molar refractivity (Wildman–Crippen MR) is 105 cm³/mol. The van der Waals surface area contributed by atoms with Crippen molar-refractivity contribution in [3.8, 4) is 5.69 Å². The van der Waals surface area contributed by atoms with Crippen molar-refractivity contribution in [2.45, 2.75) is 20.5 Å². The quantitative estimate of drug-likeness (QED) is 0.503. The molecule has 1 atom stereocenters. The van der Waals surface area contributed by atoms with Gasteiger partial charge in [-0.2, -0.15) is 9.36 Å². The highest BCUT2D eigenvalue weighted by Gasteiger charge is 2.13. The Morgan fingerprint density at radius 3 is 2.68 bits per heavy atom. The van der Waals surface area contributed by atoms with Crippen LogP contribution in [0, 0.1) is 12.1 Å². The molecule has 1 heterocycles. The lowest BCUT2D eigenvalue weighted by atomic mass is 10.1. The van der Waals surface area contributed by atoms with Gasteiger partial charge in [-0.1, -0.05) is 29.4 Å². The number of quaternary nitrogens is 1. The maximum Gasteiger partial charge on any atom is 0.368 e. The maximum atomic E-state index is 12.2. The number of hydroxylamine groups is 1. The van der Waals surface area contributed by atoms with Crippen molar-refractivity contribution in [3.05, 3.63) is 74.8 Å². The predicted octanol–water partition coefficient (Wildman–Crippen LogP) is 0.859. The fraction of sp³-hybridized carbons (Fsp3) is 0.263. The molecule has 3 rings (SSSR count). The summed E-state index contributed by atoms with van der Waals surface area (Å²) in [4.78, 5) is 17.8. The van der Waals surface area contributed by atoms with Crippen molar-refractivity contribution in [2.75, 3.05) is 7.05 Å². The first-order valence-corrected chi connectivity index (χ1v) is 8.74. The Morgan fingerprint density at radius 1 is 1.25 bits per heavy atom. The van der Waals surface area contributed by atoms with E-state index in [1.54, 1.807) is 25.2 Å². The standard InChI is InChI=1S/C19H22N6O3/c1-13-7-5-10-18(25-19(26)23(3)21-22-25)17(13)12-28-20-14(2)15-8-6-9-16(11-15)24(4)27/h5-11,24H,12H2,1-4H3/b20-14+. The number of nitrogens with one attached hydrogen (secondary N) is 1. The Morgan fingerprint density at radius 2 is 2.00 bits per heavy atom. The first-order chi connectivity index (χ1) is 13.4. The molecule has 0 aliphatic rings. The van der Waals surface area contributed by atoms with Crippen molar-refractivity contribution in [1.29, 1.82) is 0 Å². The van der Waals surface area contributed by atoms with Crippen LogP contribution in [0.5, 0.6) is 0 Å². The summed E-state index contributed by atoms with van der Waals surface area (Å²) in [6.45, 7) is 3.90. The smallest absolute Gasteiger partial charge is 0.368 e. The molecule has 1 unspecified atom stereocenters. The van der Waals surface area contributed by atoms with Gasteiger partial charge in [0.05, 0.1) is 18.4 Å². The SMILES string of the molecule is C/C(=N\OCc1c(C)cccc1-n1nnn(C)c1=O)c1cccc([NH+](C)[O-])c1. The molecule has 0 spiro atoms. The topological polar surface area (TPSA) is 102 Å². The van der Waals surface area contributed by atoms with E-state index >= 15 is 0 Å². The van der Waals surface area contributed by atoms with E-state index in [4.69, 9.17) is 4.84 Å². The van der Waals surface area contributed by atoms with Gasteiger partial charge < -0.3 is 15.1 Å². The number of nitrogens with zero attached hydrogens (tertiary/aromatic N) is 5. The maximum absolute atomic E-state index is 12.2. The van der Waals surface area contributed by atoms with Crippen LogP contribution < -0.4 is 10.8 Å². The van der Waals surface area contributed by atoms with Gasteiger partial charge in [0, 0.05) is 24.2 Å². The summed E-state index contributed by atoms with van der Waals surface area (Å²) in [7, 11) is 3.07. The minimum Gasteiger partial charge on any atom is -0.629 e. The summed E-state index contributed by atoms with van der Waals surface area (Å²) in [6.07, 6.45) is 0. The third-order valence-corrected chi connectivity index (χ3v) is 4.43. The van der Waals surface area contributed by atoms with Crippen LogP contribution in [0.15, 0.2) is 52.4 Å². The second-order valence-electron chi connectivity index (χ2n) is 6.46. The molecule has 0 fully saturated rings. The summed E-state index contributed by atoms with van der Waals surface area (Å²) >= 11 is 0. The molecule has 0 radical (unpaired) electrons. The van der Waals surface area contributed by atoms with Gasteiger partial charge in [-0.05, 0) is 42.0 Å². The van der Waals surface area contributed by atoms with Gasteiger partial charge in [-0.3, -0.25) is 0 Å². The van der Waals surface area contributed by atoms with Gasteiger partial charge in [0.15, 0.2) is 0 Å². The van der Waals surface area contributed by atoms with Crippen LogP contribution in [-0.4, -0.2) is 32.5 Å². The van der Waals surface area contributed by atoms with Crippen LogP contribution in [0.25, 0.3) is 5.69 Å². The highest BCUT2D eigenvalue weighted by Crippen LogP contribution is 2.18. The molecule has 0 aliphatic carbocycles. The molecule has 0 saturated heterocycles. The van der Waals surface area contributed by atoms with Crippen molar-refractivity contribution >= 4 is 11.4 Å². The van der Waals surface area contributed by atoms with Crippen LogP contribution in [-0.2, 0) is 18.5 Å². The summed E-state index contributed by atoms with van der Waals surface area (Å²) in [5.41, 5.74) is 4.07. The lowest BCUT2D eigenvalue weighted by Crippen LogP contribution is -2.98.